The van der Waals surface area contributed by atoms with Crippen molar-refractivity contribution in [2.45, 2.75) is 23.2 Å². The van der Waals surface area contributed by atoms with Crippen LogP contribution in [0.4, 0.5) is 5.00 Å². The van der Waals surface area contributed by atoms with E-state index >= 15 is 0 Å². The van der Waals surface area contributed by atoms with Gasteiger partial charge in [-0.05, 0) is 31.0 Å². The van der Waals surface area contributed by atoms with Gasteiger partial charge in [0.05, 0.1) is 12.9 Å². The van der Waals surface area contributed by atoms with E-state index in [9.17, 15) is 9.59 Å². The van der Waals surface area contributed by atoms with Crippen LogP contribution in [0.15, 0.2) is 58.9 Å². The van der Waals surface area contributed by atoms with E-state index in [0.29, 0.717) is 33.8 Å². The second-order valence-electron chi connectivity index (χ2n) is 6.84. The number of anilines is 1. The van der Waals surface area contributed by atoms with Crippen LogP contribution in [-0.4, -0.2) is 35.7 Å². The van der Waals surface area contributed by atoms with Crippen LogP contribution in [0, 0.1) is 0 Å². The van der Waals surface area contributed by atoms with Crippen LogP contribution in [0.25, 0.3) is 11.3 Å². The second kappa shape index (κ2) is 9.32. The predicted octanol–water partition coefficient (Wildman–Crippen LogP) is 4.44. The molecule has 2 N–H and O–H groups in total. The lowest BCUT2D eigenvalue weighted by Crippen LogP contribution is -2.26. The first-order valence-corrected chi connectivity index (χ1v) is 11.4. The minimum absolute atomic E-state index is 0.0147. The van der Waals surface area contributed by atoms with Crippen LogP contribution >= 0.6 is 23.1 Å². The molecule has 1 aliphatic carbocycles. The molecule has 0 bridgehead atoms. The topological polar surface area (TPSA) is 80.3 Å². The smallest absolute Gasteiger partial charge is 0.256 e. The van der Waals surface area contributed by atoms with Crippen molar-refractivity contribution < 1.29 is 14.3 Å². The van der Waals surface area contributed by atoms with Crippen molar-refractivity contribution in [1.82, 2.24) is 10.3 Å². The molecule has 0 spiro atoms. The Hall–Kier alpha value is -2.84. The van der Waals surface area contributed by atoms with Crippen molar-refractivity contribution >= 4 is 39.9 Å². The van der Waals surface area contributed by atoms with E-state index in [-0.39, 0.29) is 11.8 Å². The molecule has 0 unspecified atom stereocenters. The average Bonchev–Trinajstić information content (AvgIpc) is 3.50. The van der Waals surface area contributed by atoms with Crippen molar-refractivity contribution in [1.29, 1.82) is 0 Å². The van der Waals surface area contributed by atoms with E-state index in [1.165, 1.54) is 23.1 Å². The van der Waals surface area contributed by atoms with Gasteiger partial charge in [0, 0.05) is 17.2 Å². The summed E-state index contributed by atoms with van der Waals surface area (Å²) in [6, 6.07) is 17.0. The van der Waals surface area contributed by atoms with Crippen molar-refractivity contribution in [2.24, 2.45) is 0 Å². The predicted molar refractivity (Wildman–Crippen MR) is 120 cm³/mol. The molecule has 30 heavy (non-hydrogen) atoms. The maximum absolute atomic E-state index is 12.8. The zero-order valence-corrected chi connectivity index (χ0v) is 18.0. The normalized spacial score (nSPS) is 13.0. The zero-order valence-electron chi connectivity index (χ0n) is 16.4. The van der Waals surface area contributed by atoms with Crippen molar-refractivity contribution in [3.05, 3.63) is 60.2 Å². The fourth-order valence-corrected chi connectivity index (χ4v) is 4.67. The van der Waals surface area contributed by atoms with E-state index in [0.717, 1.165) is 22.7 Å². The molecule has 6 nitrogen and oxygen atoms in total. The highest BCUT2D eigenvalue weighted by molar-refractivity contribution is 8.01. The average molecular weight is 440 g/mol. The molecule has 1 saturated carbocycles. The molecule has 0 atom stereocenters. The summed E-state index contributed by atoms with van der Waals surface area (Å²) >= 11 is 2.75. The summed E-state index contributed by atoms with van der Waals surface area (Å²) in [6.07, 6.45) is 2.12. The van der Waals surface area contributed by atoms with Gasteiger partial charge in [-0.1, -0.05) is 59.5 Å². The number of nitrogens with zero attached hydrogens (tertiary/aromatic N) is 1. The van der Waals surface area contributed by atoms with E-state index in [1.807, 2.05) is 30.3 Å². The minimum Gasteiger partial charge on any atom is -0.497 e. The number of hydrogen-bond acceptors (Lipinski definition) is 6. The Kier molecular flexibility index (Phi) is 6.35. The lowest BCUT2D eigenvalue weighted by molar-refractivity contribution is -0.118. The molecule has 1 heterocycles. The number of amides is 2. The molecule has 3 aromatic rings. The molecular weight excluding hydrogens is 418 g/mol. The standard InChI is InChI=1S/C22H21N3O3S2/c1-28-17-9-5-8-15(12-17)20(27)25-21-19(14-6-3-2-4-7-14)24-22(30-21)29-13-18(26)23-16-10-11-16/h2-9,12,16H,10-11,13H2,1H3,(H,23,26)(H,25,27). The van der Waals surface area contributed by atoms with E-state index < -0.39 is 0 Å². The molecule has 1 aromatic heterocycles. The number of thiazole rings is 1. The Bertz CT molecular complexity index is 1050. The summed E-state index contributed by atoms with van der Waals surface area (Å²) in [5.41, 5.74) is 2.10. The van der Waals surface area contributed by atoms with E-state index in [4.69, 9.17) is 4.74 Å². The molecule has 8 heteroatoms. The van der Waals surface area contributed by atoms with Gasteiger partial charge in [0.1, 0.15) is 16.4 Å². The largest absolute Gasteiger partial charge is 0.497 e. The number of hydrogen-bond donors (Lipinski definition) is 2. The van der Waals surface area contributed by atoms with Crippen LogP contribution < -0.4 is 15.4 Å². The van der Waals surface area contributed by atoms with Gasteiger partial charge in [-0.3, -0.25) is 9.59 Å². The monoisotopic (exact) mass is 439 g/mol. The molecule has 0 radical (unpaired) electrons. The highest BCUT2D eigenvalue weighted by Crippen LogP contribution is 2.38. The third-order valence-corrected chi connectivity index (χ3v) is 6.60. The summed E-state index contributed by atoms with van der Waals surface area (Å²) in [4.78, 5) is 29.5. The Morgan fingerprint density at radius 1 is 1.17 bits per heavy atom. The van der Waals surface area contributed by atoms with Crippen molar-refractivity contribution in [2.75, 3.05) is 18.2 Å². The van der Waals surface area contributed by atoms with Gasteiger partial charge < -0.3 is 15.4 Å². The van der Waals surface area contributed by atoms with Gasteiger partial charge in [0.2, 0.25) is 5.91 Å². The van der Waals surface area contributed by atoms with Gasteiger partial charge in [-0.2, -0.15) is 0 Å². The highest BCUT2D eigenvalue weighted by atomic mass is 32.2. The first-order valence-electron chi connectivity index (χ1n) is 9.56. The first-order chi connectivity index (χ1) is 14.6. The number of carbonyl (C=O) groups is 2. The summed E-state index contributed by atoms with van der Waals surface area (Å²) in [5, 5.41) is 6.60. The van der Waals surface area contributed by atoms with Crippen LogP contribution in [0.5, 0.6) is 5.75 Å². The molecule has 1 fully saturated rings. The molecule has 2 aromatic carbocycles. The van der Waals surface area contributed by atoms with Crippen LogP contribution in [-0.2, 0) is 4.79 Å². The Labute approximate surface area is 183 Å². The molecule has 4 rings (SSSR count). The summed E-state index contributed by atoms with van der Waals surface area (Å²) in [6.45, 7) is 0. The lowest BCUT2D eigenvalue weighted by Gasteiger charge is -2.06. The maximum Gasteiger partial charge on any atom is 0.256 e. The van der Waals surface area contributed by atoms with Crippen LogP contribution in [0.1, 0.15) is 23.2 Å². The number of aromatic nitrogens is 1. The third-order valence-electron chi connectivity index (χ3n) is 4.48. The molecule has 1 aliphatic rings. The van der Waals surface area contributed by atoms with E-state index in [1.54, 1.807) is 31.4 Å². The number of rotatable bonds is 8. The number of methoxy groups -OCH3 is 1. The molecule has 2 amide bonds. The molecule has 154 valence electrons. The van der Waals surface area contributed by atoms with Gasteiger partial charge >= 0.3 is 0 Å². The Morgan fingerprint density at radius 3 is 2.70 bits per heavy atom. The summed E-state index contributed by atoms with van der Waals surface area (Å²) in [7, 11) is 1.57. The molecular formula is C22H21N3O3S2. The fraction of sp³-hybridized carbons (Fsp3) is 0.227. The van der Waals surface area contributed by atoms with Crippen molar-refractivity contribution in [3.8, 4) is 17.0 Å². The SMILES string of the molecule is COc1cccc(C(=O)Nc2sc(SCC(=O)NC3CC3)nc2-c2ccccc2)c1. The number of thioether (sulfide) groups is 1. The van der Waals surface area contributed by atoms with Gasteiger partial charge in [0.15, 0.2) is 4.34 Å². The number of nitrogens with one attached hydrogen (secondary N) is 2. The quantitative estimate of drug-likeness (QED) is 0.507. The maximum atomic E-state index is 12.8. The summed E-state index contributed by atoms with van der Waals surface area (Å²) in [5.74, 6) is 0.702. The second-order valence-corrected chi connectivity index (χ2v) is 9.06. The van der Waals surface area contributed by atoms with Gasteiger partial charge in [-0.15, -0.1) is 0 Å². The number of carbonyl (C=O) groups excluding carboxylic acids is 2. The number of benzene rings is 2. The first kappa shape index (κ1) is 20.4. The van der Waals surface area contributed by atoms with Gasteiger partial charge in [0.25, 0.3) is 5.91 Å². The number of ether oxygens (including phenoxy) is 1. The van der Waals surface area contributed by atoms with Gasteiger partial charge in [-0.25, -0.2) is 4.98 Å². The van der Waals surface area contributed by atoms with Crippen LogP contribution in [0.3, 0.4) is 0 Å². The highest BCUT2D eigenvalue weighted by Gasteiger charge is 2.23. The lowest BCUT2D eigenvalue weighted by atomic mass is 10.1. The Balaban J connectivity index is 1.54. The van der Waals surface area contributed by atoms with Crippen LogP contribution in [0.2, 0.25) is 0 Å². The minimum atomic E-state index is -0.238. The Morgan fingerprint density at radius 2 is 1.97 bits per heavy atom. The van der Waals surface area contributed by atoms with Crippen molar-refractivity contribution in [3.63, 3.8) is 0 Å². The zero-order chi connectivity index (χ0) is 20.9. The third kappa shape index (κ3) is 5.20. The molecule has 0 aliphatic heterocycles. The molecule has 0 saturated heterocycles. The summed E-state index contributed by atoms with van der Waals surface area (Å²) < 4.78 is 5.94. The van der Waals surface area contributed by atoms with E-state index in [2.05, 4.69) is 15.6 Å². The fourth-order valence-electron chi connectivity index (χ4n) is 2.80.